The second-order valence-corrected chi connectivity index (χ2v) is 6.80. The molecule has 0 amide bonds. The molecule has 1 heterocycles. The topological polar surface area (TPSA) is 40.9 Å². The van der Waals surface area contributed by atoms with Crippen molar-refractivity contribution < 1.29 is 4.21 Å². The zero-order valence-electron chi connectivity index (χ0n) is 9.87. The van der Waals surface area contributed by atoms with E-state index in [0.717, 1.165) is 15.7 Å². The quantitative estimate of drug-likeness (QED) is 0.714. The van der Waals surface area contributed by atoms with Crippen LogP contribution in [0.15, 0.2) is 63.7 Å². The number of rotatable bonds is 2. The third-order valence-corrected chi connectivity index (χ3v) is 5.48. The lowest BCUT2D eigenvalue weighted by Crippen LogP contribution is -1.89. The van der Waals surface area contributed by atoms with E-state index in [2.05, 4.69) is 6.07 Å². The van der Waals surface area contributed by atoms with E-state index in [1.165, 1.54) is 11.3 Å². The van der Waals surface area contributed by atoms with Crippen LogP contribution in [0, 0.1) is 11.3 Å². The minimum Gasteiger partial charge on any atom is -0.248 e. The first-order valence-corrected chi connectivity index (χ1v) is 7.65. The van der Waals surface area contributed by atoms with E-state index in [0.29, 0.717) is 9.09 Å². The summed E-state index contributed by atoms with van der Waals surface area (Å²) < 4.78 is 13.1. The van der Waals surface area contributed by atoms with Crippen LogP contribution in [0.3, 0.4) is 0 Å². The van der Waals surface area contributed by atoms with Gasteiger partial charge in [-0.25, -0.2) is 4.21 Å². The highest BCUT2D eigenvalue weighted by Crippen LogP contribution is 2.26. The smallest absolute Gasteiger partial charge is 0.110 e. The van der Waals surface area contributed by atoms with Gasteiger partial charge in [-0.1, -0.05) is 30.3 Å². The maximum atomic E-state index is 12.4. The number of hydrogen-bond acceptors (Lipinski definition) is 3. The molecule has 19 heavy (non-hydrogen) atoms. The summed E-state index contributed by atoms with van der Waals surface area (Å²) in [6.45, 7) is 0. The Morgan fingerprint density at radius 3 is 2.53 bits per heavy atom. The minimum absolute atomic E-state index is 0.587. The summed E-state index contributed by atoms with van der Waals surface area (Å²) >= 11 is 1.28. The summed E-state index contributed by atoms with van der Waals surface area (Å²) in [4.78, 5) is 1.36. The molecule has 0 radical (unpaired) electrons. The largest absolute Gasteiger partial charge is 0.248 e. The number of benzene rings is 2. The number of thiophene rings is 1. The van der Waals surface area contributed by atoms with Crippen LogP contribution in [0.1, 0.15) is 4.88 Å². The van der Waals surface area contributed by atoms with Crippen molar-refractivity contribution in [2.75, 3.05) is 0 Å². The molecule has 3 rings (SSSR count). The van der Waals surface area contributed by atoms with Crippen molar-refractivity contribution in [2.24, 2.45) is 0 Å². The molecule has 4 heteroatoms. The fourth-order valence-electron chi connectivity index (χ4n) is 1.88. The van der Waals surface area contributed by atoms with Crippen molar-refractivity contribution in [3.05, 3.63) is 59.5 Å². The van der Waals surface area contributed by atoms with E-state index < -0.39 is 10.8 Å². The molecule has 2 aromatic carbocycles. The van der Waals surface area contributed by atoms with Gasteiger partial charge in [-0.05, 0) is 35.0 Å². The highest BCUT2D eigenvalue weighted by Gasteiger charge is 2.10. The van der Waals surface area contributed by atoms with Crippen LogP contribution >= 0.6 is 11.3 Å². The highest BCUT2D eigenvalue weighted by molar-refractivity contribution is 7.87. The molecule has 0 N–H and O–H groups in total. The number of nitriles is 1. The molecule has 0 bridgehead atoms. The number of hydrogen-bond donors (Lipinski definition) is 0. The van der Waals surface area contributed by atoms with Gasteiger partial charge in [0, 0.05) is 4.90 Å². The van der Waals surface area contributed by atoms with Crippen LogP contribution in [0.4, 0.5) is 0 Å². The van der Waals surface area contributed by atoms with Crippen LogP contribution in [0.5, 0.6) is 0 Å². The zero-order valence-corrected chi connectivity index (χ0v) is 11.5. The minimum atomic E-state index is -1.22. The SMILES string of the molecule is N#Cc1ccc(S(=O)c2ccc3ccccc3c2)s1. The summed E-state index contributed by atoms with van der Waals surface area (Å²) in [7, 11) is -1.22. The van der Waals surface area contributed by atoms with Crippen molar-refractivity contribution in [3.63, 3.8) is 0 Å². The fourth-order valence-corrected chi connectivity index (χ4v) is 4.12. The second kappa shape index (κ2) is 4.96. The molecule has 1 unspecified atom stereocenters. The first-order chi connectivity index (χ1) is 9.28. The molecule has 0 fully saturated rings. The summed E-state index contributed by atoms with van der Waals surface area (Å²) in [6, 6.07) is 19.3. The number of nitrogens with zero attached hydrogens (tertiary/aromatic N) is 1. The lowest BCUT2D eigenvalue weighted by atomic mass is 10.1. The Morgan fingerprint density at radius 1 is 1.00 bits per heavy atom. The molecule has 0 aliphatic rings. The fraction of sp³-hybridized carbons (Fsp3) is 0. The standard InChI is InChI=1S/C15H9NOS2/c16-10-13-6-8-15(18-13)19(17)14-7-5-11-3-1-2-4-12(11)9-14/h1-9H. The third-order valence-electron chi connectivity index (χ3n) is 2.81. The van der Waals surface area contributed by atoms with E-state index in [-0.39, 0.29) is 0 Å². The lowest BCUT2D eigenvalue weighted by Gasteiger charge is -2.02. The monoisotopic (exact) mass is 283 g/mol. The van der Waals surface area contributed by atoms with Gasteiger partial charge in [0.2, 0.25) is 0 Å². The molecule has 0 aliphatic carbocycles. The average Bonchev–Trinajstić information content (AvgIpc) is 2.95. The van der Waals surface area contributed by atoms with Gasteiger partial charge in [-0.3, -0.25) is 0 Å². The van der Waals surface area contributed by atoms with Gasteiger partial charge in [-0.15, -0.1) is 11.3 Å². The zero-order chi connectivity index (χ0) is 13.2. The Bertz CT molecular complexity index is 814. The van der Waals surface area contributed by atoms with E-state index in [4.69, 9.17) is 5.26 Å². The summed E-state index contributed by atoms with van der Waals surface area (Å²) in [6.07, 6.45) is 0. The van der Waals surface area contributed by atoms with Gasteiger partial charge >= 0.3 is 0 Å². The van der Waals surface area contributed by atoms with Crippen molar-refractivity contribution in [1.29, 1.82) is 5.26 Å². The first kappa shape index (κ1) is 12.1. The summed E-state index contributed by atoms with van der Waals surface area (Å²) in [5.74, 6) is 0. The molecule has 2 nitrogen and oxygen atoms in total. The molecular weight excluding hydrogens is 274 g/mol. The van der Waals surface area contributed by atoms with Crippen LogP contribution in [-0.2, 0) is 10.8 Å². The van der Waals surface area contributed by atoms with Gasteiger partial charge in [0.25, 0.3) is 0 Å². The van der Waals surface area contributed by atoms with Gasteiger partial charge in [-0.2, -0.15) is 5.26 Å². The van der Waals surface area contributed by atoms with Crippen LogP contribution in [0.2, 0.25) is 0 Å². The van der Waals surface area contributed by atoms with Crippen molar-refractivity contribution in [2.45, 2.75) is 9.10 Å². The first-order valence-electron chi connectivity index (χ1n) is 5.68. The highest BCUT2D eigenvalue weighted by atomic mass is 32.2. The molecule has 1 atom stereocenters. The van der Waals surface area contributed by atoms with E-state index in [1.54, 1.807) is 12.1 Å². The van der Waals surface area contributed by atoms with Crippen molar-refractivity contribution in [1.82, 2.24) is 0 Å². The molecule has 0 spiro atoms. The maximum absolute atomic E-state index is 12.4. The maximum Gasteiger partial charge on any atom is 0.110 e. The second-order valence-electron chi connectivity index (χ2n) is 4.01. The predicted molar refractivity (Wildman–Crippen MR) is 77.7 cm³/mol. The molecule has 0 saturated heterocycles. The normalized spacial score (nSPS) is 12.2. The van der Waals surface area contributed by atoms with Crippen LogP contribution in [-0.4, -0.2) is 4.21 Å². The molecule has 3 aromatic rings. The Kier molecular flexibility index (Phi) is 3.16. The van der Waals surface area contributed by atoms with Crippen molar-refractivity contribution in [3.8, 4) is 6.07 Å². The van der Waals surface area contributed by atoms with Crippen LogP contribution < -0.4 is 0 Å². The lowest BCUT2D eigenvalue weighted by molar-refractivity contribution is 0.684. The Labute approximate surface area is 117 Å². The summed E-state index contributed by atoms with van der Waals surface area (Å²) in [5, 5.41) is 11.0. The molecule has 1 aromatic heterocycles. The molecule has 0 aliphatic heterocycles. The van der Waals surface area contributed by atoms with Crippen molar-refractivity contribution >= 4 is 32.9 Å². The van der Waals surface area contributed by atoms with E-state index in [1.807, 2.05) is 42.5 Å². The van der Waals surface area contributed by atoms with E-state index >= 15 is 0 Å². The molecular formula is C15H9NOS2. The van der Waals surface area contributed by atoms with E-state index in [9.17, 15) is 4.21 Å². The molecule has 92 valence electrons. The van der Waals surface area contributed by atoms with Gasteiger partial charge in [0.05, 0.1) is 15.0 Å². The summed E-state index contributed by atoms with van der Waals surface area (Å²) in [5.41, 5.74) is 0. The van der Waals surface area contributed by atoms with Gasteiger partial charge < -0.3 is 0 Å². The van der Waals surface area contributed by atoms with Crippen LogP contribution in [0.25, 0.3) is 10.8 Å². The van der Waals surface area contributed by atoms with Gasteiger partial charge in [0.15, 0.2) is 0 Å². The third kappa shape index (κ3) is 2.30. The predicted octanol–water partition coefficient (Wildman–Crippen LogP) is 3.94. The Balaban J connectivity index is 2.04. The molecule has 0 saturated carbocycles. The Morgan fingerprint density at radius 2 is 1.79 bits per heavy atom. The Hall–Kier alpha value is -1.96. The number of fused-ring (bicyclic) bond motifs is 1. The average molecular weight is 283 g/mol. The van der Waals surface area contributed by atoms with Gasteiger partial charge in [0.1, 0.15) is 10.9 Å².